The Morgan fingerprint density at radius 1 is 1.30 bits per heavy atom. The highest BCUT2D eigenvalue weighted by molar-refractivity contribution is 7.80. The Hall–Kier alpha value is -2.44. The van der Waals surface area contributed by atoms with Gasteiger partial charge in [0.15, 0.2) is 5.11 Å². The summed E-state index contributed by atoms with van der Waals surface area (Å²) in [5.41, 5.74) is 4.44. The van der Waals surface area contributed by atoms with E-state index >= 15 is 0 Å². The maximum absolute atomic E-state index is 11.8. The number of nitrogens with one attached hydrogen (secondary N) is 3. The fraction of sp³-hybridized carbons (Fsp3) is 0.250. The smallest absolute Gasteiger partial charge is 0.226 e. The van der Waals surface area contributed by atoms with Crippen LogP contribution in [0, 0.1) is 6.92 Å². The van der Waals surface area contributed by atoms with Gasteiger partial charge in [-0.3, -0.25) is 4.79 Å². The highest BCUT2D eigenvalue weighted by Crippen LogP contribution is 2.26. The van der Waals surface area contributed by atoms with Crippen molar-refractivity contribution >= 4 is 51.6 Å². The fourth-order valence-corrected chi connectivity index (χ4v) is 3.10. The lowest BCUT2D eigenvalue weighted by Crippen LogP contribution is -2.33. The van der Waals surface area contributed by atoms with Gasteiger partial charge in [0.05, 0.1) is 11.0 Å². The second kappa shape index (κ2) is 8.50. The zero-order chi connectivity index (χ0) is 19.4. The van der Waals surface area contributed by atoms with E-state index in [9.17, 15) is 4.79 Å². The molecule has 0 saturated carbocycles. The van der Waals surface area contributed by atoms with Crippen LogP contribution in [0.2, 0.25) is 5.02 Å². The molecule has 1 aromatic heterocycles. The van der Waals surface area contributed by atoms with Gasteiger partial charge in [-0.15, -0.1) is 0 Å². The zero-order valence-electron chi connectivity index (χ0n) is 15.2. The molecule has 3 N–H and O–H groups in total. The quantitative estimate of drug-likeness (QED) is 0.515. The van der Waals surface area contributed by atoms with E-state index in [1.165, 1.54) is 0 Å². The molecule has 7 heteroatoms. The second-order valence-corrected chi connectivity index (χ2v) is 7.21. The number of carbonyl (C=O) groups is 1. The van der Waals surface area contributed by atoms with Crippen molar-refractivity contribution in [1.82, 2.24) is 15.3 Å². The summed E-state index contributed by atoms with van der Waals surface area (Å²) >= 11 is 11.4. The predicted molar refractivity (Wildman–Crippen MR) is 115 cm³/mol. The first-order chi connectivity index (χ1) is 13.0. The van der Waals surface area contributed by atoms with Crippen molar-refractivity contribution in [3.63, 3.8) is 0 Å². The SMILES string of the molecule is CCCCC(=O)NC(=S)Nc1cccc(-c2nc3cc(Cl)c(C)cc3[nH]2)c1. The Morgan fingerprint density at radius 3 is 2.89 bits per heavy atom. The van der Waals surface area contributed by atoms with Crippen LogP contribution in [-0.4, -0.2) is 21.0 Å². The van der Waals surface area contributed by atoms with Gasteiger partial charge in [-0.25, -0.2) is 4.98 Å². The van der Waals surface area contributed by atoms with Crippen molar-refractivity contribution in [2.45, 2.75) is 33.1 Å². The molecule has 0 spiro atoms. The van der Waals surface area contributed by atoms with Crippen molar-refractivity contribution in [3.8, 4) is 11.4 Å². The Bertz CT molecular complexity index is 960. The summed E-state index contributed by atoms with van der Waals surface area (Å²) in [6, 6.07) is 11.5. The maximum atomic E-state index is 11.8. The van der Waals surface area contributed by atoms with Gasteiger partial charge >= 0.3 is 0 Å². The van der Waals surface area contributed by atoms with E-state index in [-0.39, 0.29) is 5.91 Å². The standard InChI is InChI=1S/C20H21ClN4OS/c1-3-4-8-18(26)25-20(27)22-14-7-5-6-13(10-14)19-23-16-9-12(2)15(21)11-17(16)24-19/h5-7,9-11H,3-4,8H2,1-2H3,(H,23,24)(H2,22,25,26,27). The number of H-pyrrole nitrogens is 1. The van der Waals surface area contributed by atoms with Crippen LogP contribution in [0.15, 0.2) is 36.4 Å². The monoisotopic (exact) mass is 400 g/mol. The molecular weight excluding hydrogens is 380 g/mol. The summed E-state index contributed by atoms with van der Waals surface area (Å²) in [7, 11) is 0. The average Bonchev–Trinajstić information content (AvgIpc) is 3.03. The molecule has 1 amide bonds. The third-order valence-electron chi connectivity index (χ3n) is 4.17. The topological polar surface area (TPSA) is 69.8 Å². The van der Waals surface area contributed by atoms with Crippen molar-refractivity contribution in [2.75, 3.05) is 5.32 Å². The Morgan fingerprint density at radius 2 is 2.11 bits per heavy atom. The lowest BCUT2D eigenvalue weighted by Gasteiger charge is -2.10. The molecule has 0 saturated heterocycles. The molecule has 0 aliphatic rings. The van der Waals surface area contributed by atoms with Gasteiger partial charge in [0.25, 0.3) is 0 Å². The van der Waals surface area contributed by atoms with E-state index in [1.807, 2.05) is 50.2 Å². The molecule has 0 atom stereocenters. The number of benzene rings is 2. The molecule has 0 bridgehead atoms. The van der Waals surface area contributed by atoms with E-state index < -0.39 is 0 Å². The maximum Gasteiger partial charge on any atom is 0.226 e. The van der Waals surface area contributed by atoms with Crippen molar-refractivity contribution in [3.05, 3.63) is 47.0 Å². The number of aromatic nitrogens is 2. The summed E-state index contributed by atoms with van der Waals surface area (Å²) in [4.78, 5) is 19.7. The van der Waals surface area contributed by atoms with Crippen LogP contribution in [0.25, 0.3) is 22.4 Å². The number of anilines is 1. The van der Waals surface area contributed by atoms with E-state index in [0.717, 1.165) is 46.5 Å². The molecule has 3 aromatic rings. The van der Waals surface area contributed by atoms with Crippen LogP contribution in [0.1, 0.15) is 31.7 Å². The highest BCUT2D eigenvalue weighted by Gasteiger charge is 2.09. The summed E-state index contributed by atoms with van der Waals surface area (Å²) in [5.74, 6) is 0.670. The highest BCUT2D eigenvalue weighted by atomic mass is 35.5. The molecule has 27 heavy (non-hydrogen) atoms. The number of hydrogen-bond donors (Lipinski definition) is 3. The number of fused-ring (bicyclic) bond motifs is 1. The molecule has 3 rings (SSSR count). The summed E-state index contributed by atoms with van der Waals surface area (Å²) in [5, 5.41) is 6.73. The lowest BCUT2D eigenvalue weighted by molar-refractivity contribution is -0.119. The largest absolute Gasteiger partial charge is 0.338 e. The van der Waals surface area contributed by atoms with Gasteiger partial charge in [0.2, 0.25) is 5.91 Å². The van der Waals surface area contributed by atoms with Crippen LogP contribution < -0.4 is 10.6 Å². The Kier molecular flexibility index (Phi) is 6.08. The number of amides is 1. The third-order valence-corrected chi connectivity index (χ3v) is 4.78. The molecule has 0 unspecified atom stereocenters. The molecule has 0 aliphatic carbocycles. The molecule has 0 aliphatic heterocycles. The van der Waals surface area contributed by atoms with Crippen LogP contribution in [0.5, 0.6) is 0 Å². The lowest BCUT2D eigenvalue weighted by atomic mass is 10.2. The summed E-state index contributed by atoms with van der Waals surface area (Å²) in [6.07, 6.45) is 2.29. The van der Waals surface area contributed by atoms with Crippen LogP contribution >= 0.6 is 23.8 Å². The van der Waals surface area contributed by atoms with Crippen molar-refractivity contribution in [2.24, 2.45) is 0 Å². The number of thiocarbonyl (C=S) groups is 1. The van der Waals surface area contributed by atoms with Gasteiger partial charge in [0.1, 0.15) is 5.82 Å². The van der Waals surface area contributed by atoms with Crippen LogP contribution in [0.4, 0.5) is 5.69 Å². The molecule has 2 aromatic carbocycles. The first kappa shape index (κ1) is 19.3. The molecule has 0 radical (unpaired) electrons. The Balaban J connectivity index is 1.75. The van der Waals surface area contributed by atoms with Gasteiger partial charge in [-0.1, -0.05) is 37.1 Å². The van der Waals surface area contributed by atoms with Gasteiger partial charge in [-0.2, -0.15) is 0 Å². The number of halogens is 1. The zero-order valence-corrected chi connectivity index (χ0v) is 16.8. The third kappa shape index (κ3) is 4.84. The minimum Gasteiger partial charge on any atom is -0.338 e. The number of aryl methyl sites for hydroxylation is 1. The predicted octanol–water partition coefficient (Wildman–Crippen LogP) is 5.19. The number of aromatic amines is 1. The number of hydrogen-bond acceptors (Lipinski definition) is 3. The Labute approximate surface area is 168 Å². The molecule has 5 nitrogen and oxygen atoms in total. The van der Waals surface area contributed by atoms with Crippen molar-refractivity contribution in [1.29, 1.82) is 0 Å². The number of nitrogens with zero attached hydrogens (tertiary/aromatic N) is 1. The van der Waals surface area contributed by atoms with E-state index in [4.69, 9.17) is 23.8 Å². The minimum atomic E-state index is -0.0740. The fourth-order valence-electron chi connectivity index (χ4n) is 2.71. The number of unbranched alkanes of at least 4 members (excludes halogenated alkanes) is 1. The normalized spacial score (nSPS) is 10.8. The molecular formula is C20H21ClN4OS. The summed E-state index contributed by atoms with van der Waals surface area (Å²) in [6.45, 7) is 4.01. The van der Waals surface area contributed by atoms with Gasteiger partial charge < -0.3 is 15.6 Å². The van der Waals surface area contributed by atoms with E-state index in [2.05, 4.69) is 20.6 Å². The number of rotatable bonds is 5. The van der Waals surface area contributed by atoms with Gasteiger partial charge in [-0.05, 0) is 55.4 Å². The van der Waals surface area contributed by atoms with E-state index in [0.29, 0.717) is 16.6 Å². The van der Waals surface area contributed by atoms with Crippen LogP contribution in [-0.2, 0) is 4.79 Å². The first-order valence-electron chi connectivity index (χ1n) is 8.83. The van der Waals surface area contributed by atoms with Crippen LogP contribution in [0.3, 0.4) is 0 Å². The van der Waals surface area contributed by atoms with E-state index in [1.54, 1.807) is 0 Å². The summed E-state index contributed by atoms with van der Waals surface area (Å²) < 4.78 is 0. The van der Waals surface area contributed by atoms with Gasteiger partial charge in [0, 0.05) is 22.7 Å². The molecule has 0 fully saturated rings. The average molecular weight is 401 g/mol. The molecule has 140 valence electrons. The van der Waals surface area contributed by atoms with Crippen molar-refractivity contribution < 1.29 is 4.79 Å². The minimum absolute atomic E-state index is 0.0740. The first-order valence-corrected chi connectivity index (χ1v) is 9.62. The molecule has 1 heterocycles. The number of carbonyl (C=O) groups excluding carboxylic acids is 1. The second-order valence-electron chi connectivity index (χ2n) is 6.39. The number of imidazole rings is 1.